The average molecular weight is 893 g/mol. The predicted molar refractivity (Wildman–Crippen MR) is 289 cm³/mol. The molecule has 0 radical (unpaired) electrons. The van der Waals surface area contributed by atoms with Crippen molar-refractivity contribution in [1.29, 1.82) is 0 Å². The first-order valence-electron chi connectivity index (χ1n) is 23.7. The van der Waals surface area contributed by atoms with Gasteiger partial charge >= 0.3 is 0 Å². The summed E-state index contributed by atoms with van der Waals surface area (Å²) in [4.78, 5) is 15.8. The molecule has 11 aromatic carbocycles. The number of benzene rings is 11. The van der Waals surface area contributed by atoms with Gasteiger partial charge in [0.2, 0.25) is 0 Å². The highest BCUT2D eigenvalue weighted by atomic mass is 16.3. The van der Waals surface area contributed by atoms with Crippen molar-refractivity contribution in [3.05, 3.63) is 243 Å². The van der Waals surface area contributed by atoms with Gasteiger partial charge in [-0.2, -0.15) is 0 Å². The van der Waals surface area contributed by atoms with Crippen LogP contribution in [-0.2, 0) is 0 Å². The Morgan fingerprint density at radius 2 is 0.829 bits per heavy atom. The molecule has 0 aliphatic rings. The molecule has 0 aliphatic carbocycles. The lowest BCUT2D eigenvalue weighted by Gasteiger charge is -2.18. The fourth-order valence-electron chi connectivity index (χ4n) is 10.4. The largest absolute Gasteiger partial charge is 0.455 e. The van der Waals surface area contributed by atoms with Crippen LogP contribution in [0.25, 0.3) is 139 Å². The molecule has 0 unspecified atom stereocenters. The van der Waals surface area contributed by atoms with E-state index >= 15 is 0 Å². The smallest absolute Gasteiger partial charge is 0.164 e. The van der Waals surface area contributed by atoms with Gasteiger partial charge in [-0.3, -0.25) is 0 Å². The third kappa shape index (κ3) is 6.59. The summed E-state index contributed by atoms with van der Waals surface area (Å²) in [6, 6.07) is 85.9. The number of aromatic nitrogens is 4. The van der Waals surface area contributed by atoms with Gasteiger partial charge in [-0.1, -0.05) is 188 Å². The van der Waals surface area contributed by atoms with Gasteiger partial charge in [0, 0.05) is 49.2 Å². The van der Waals surface area contributed by atoms with E-state index < -0.39 is 0 Å². The van der Waals surface area contributed by atoms with Crippen molar-refractivity contribution in [3.8, 4) is 73.2 Å². The first kappa shape index (κ1) is 39.7. The van der Waals surface area contributed by atoms with Crippen LogP contribution in [0.4, 0.5) is 0 Å². The first-order valence-corrected chi connectivity index (χ1v) is 23.7. The summed E-state index contributed by atoms with van der Waals surface area (Å²) in [6.07, 6.45) is 0. The second-order valence-corrected chi connectivity index (χ2v) is 17.9. The summed E-state index contributed by atoms with van der Waals surface area (Å²) < 4.78 is 9.26. The van der Waals surface area contributed by atoms with E-state index in [9.17, 15) is 0 Å². The van der Waals surface area contributed by atoms with E-state index in [1.807, 2.05) is 30.3 Å². The molecule has 326 valence electrons. The van der Waals surface area contributed by atoms with Gasteiger partial charge in [-0.25, -0.2) is 15.0 Å². The first-order chi connectivity index (χ1) is 34.7. The van der Waals surface area contributed by atoms with Gasteiger partial charge in [-0.15, -0.1) is 0 Å². The standard InChI is InChI=1S/C65H40N4O/c1-3-16-41(17-4-1)42-30-32-43(33-31-42)45-23-15-24-49(36-45)64-66-63(44-18-5-2-6-19-44)67-65(68-64)50-34-35-58(69-57-28-13-11-26-52(57)54-37-46-20-7-8-21-47(46)40-59(54)69)55(39-50)56-38-48-22-9-10-25-51(48)62-61(56)53-27-12-14-29-60(53)70-62/h1-40H. The maximum absolute atomic E-state index is 6.82. The van der Waals surface area contributed by atoms with Crippen LogP contribution in [0, 0.1) is 0 Å². The molecule has 0 N–H and O–H groups in total. The molecule has 3 heterocycles. The van der Waals surface area contributed by atoms with Gasteiger partial charge in [0.1, 0.15) is 11.2 Å². The predicted octanol–water partition coefficient (Wildman–Crippen LogP) is 17.2. The van der Waals surface area contributed by atoms with Gasteiger partial charge in [0.25, 0.3) is 0 Å². The summed E-state index contributed by atoms with van der Waals surface area (Å²) >= 11 is 0. The van der Waals surface area contributed by atoms with Crippen LogP contribution in [0.5, 0.6) is 0 Å². The van der Waals surface area contributed by atoms with Gasteiger partial charge < -0.3 is 8.98 Å². The second-order valence-electron chi connectivity index (χ2n) is 17.9. The van der Waals surface area contributed by atoms with E-state index in [0.717, 1.165) is 88.4 Å². The molecule has 0 saturated heterocycles. The van der Waals surface area contributed by atoms with E-state index in [1.54, 1.807) is 0 Å². The lowest BCUT2D eigenvalue weighted by molar-refractivity contribution is 0.673. The quantitative estimate of drug-likeness (QED) is 0.160. The van der Waals surface area contributed by atoms with Crippen molar-refractivity contribution in [2.45, 2.75) is 0 Å². The van der Waals surface area contributed by atoms with E-state index in [-0.39, 0.29) is 0 Å². The summed E-state index contributed by atoms with van der Waals surface area (Å²) in [6.45, 7) is 0. The van der Waals surface area contributed by atoms with E-state index in [0.29, 0.717) is 17.5 Å². The SMILES string of the molecule is c1ccc(-c2ccc(-c3cccc(-c4nc(-c5ccccc5)nc(-c5ccc(-n6c7ccccc7c7cc8ccccc8cc76)c(-c6cc7ccccc7c7oc8ccccc8c67)c5)n4)c3)cc2)cc1. The fourth-order valence-corrected chi connectivity index (χ4v) is 10.4. The molecule has 3 aromatic heterocycles. The van der Waals surface area contributed by atoms with Crippen LogP contribution >= 0.6 is 0 Å². The van der Waals surface area contributed by atoms with Crippen LogP contribution in [0.1, 0.15) is 0 Å². The van der Waals surface area contributed by atoms with Crippen molar-refractivity contribution in [1.82, 2.24) is 19.5 Å². The third-order valence-corrected chi connectivity index (χ3v) is 13.8. The van der Waals surface area contributed by atoms with Crippen LogP contribution in [-0.4, -0.2) is 19.5 Å². The molecule has 14 aromatic rings. The summed E-state index contributed by atoms with van der Waals surface area (Å²) in [5.41, 5.74) is 14.3. The molecule has 0 spiro atoms. The number of furan rings is 1. The van der Waals surface area contributed by atoms with Crippen molar-refractivity contribution in [2.24, 2.45) is 0 Å². The lowest BCUT2D eigenvalue weighted by Crippen LogP contribution is -2.02. The number of hydrogen-bond acceptors (Lipinski definition) is 4. The highest BCUT2D eigenvalue weighted by molar-refractivity contribution is 6.22. The maximum Gasteiger partial charge on any atom is 0.164 e. The number of hydrogen-bond donors (Lipinski definition) is 0. The zero-order valence-electron chi connectivity index (χ0n) is 37.8. The molecule has 0 fully saturated rings. The molecule has 0 amide bonds. The minimum absolute atomic E-state index is 0.580. The Hall–Kier alpha value is -9.45. The normalized spacial score (nSPS) is 11.7. The highest BCUT2D eigenvalue weighted by Gasteiger charge is 2.23. The molecule has 0 atom stereocenters. The molecule has 5 nitrogen and oxygen atoms in total. The number of nitrogens with zero attached hydrogens (tertiary/aromatic N) is 4. The van der Waals surface area contributed by atoms with E-state index in [2.05, 4.69) is 217 Å². The molecule has 5 heteroatoms. The zero-order valence-corrected chi connectivity index (χ0v) is 37.8. The Morgan fingerprint density at radius 1 is 0.300 bits per heavy atom. The molecule has 70 heavy (non-hydrogen) atoms. The van der Waals surface area contributed by atoms with Crippen molar-refractivity contribution in [2.75, 3.05) is 0 Å². The fraction of sp³-hybridized carbons (Fsp3) is 0. The van der Waals surface area contributed by atoms with Crippen molar-refractivity contribution >= 4 is 65.3 Å². The minimum atomic E-state index is 0.580. The van der Waals surface area contributed by atoms with Gasteiger partial charge in [0.05, 0.1) is 16.7 Å². The number of rotatable bonds is 7. The Morgan fingerprint density at radius 3 is 1.59 bits per heavy atom. The maximum atomic E-state index is 6.82. The Balaban J connectivity index is 1.02. The second kappa shape index (κ2) is 16.1. The van der Waals surface area contributed by atoms with Gasteiger partial charge in [0.15, 0.2) is 17.5 Å². The van der Waals surface area contributed by atoms with Crippen LogP contribution in [0.2, 0.25) is 0 Å². The van der Waals surface area contributed by atoms with Gasteiger partial charge in [-0.05, 0) is 98.6 Å². The number of fused-ring (bicyclic) bond motifs is 9. The molecular formula is C65H40N4O. The Bertz CT molecular complexity index is 4340. The van der Waals surface area contributed by atoms with E-state index in [4.69, 9.17) is 19.4 Å². The molecular weight excluding hydrogens is 853 g/mol. The van der Waals surface area contributed by atoms with E-state index in [1.165, 1.54) is 32.7 Å². The topological polar surface area (TPSA) is 56.7 Å². The molecule has 14 rings (SSSR count). The van der Waals surface area contributed by atoms with Crippen molar-refractivity contribution in [3.63, 3.8) is 0 Å². The molecule has 0 aliphatic heterocycles. The summed E-state index contributed by atoms with van der Waals surface area (Å²) in [5, 5.41) is 9.08. The number of para-hydroxylation sites is 2. The zero-order chi connectivity index (χ0) is 46.1. The average Bonchev–Trinajstić information content (AvgIpc) is 3.99. The molecule has 0 bridgehead atoms. The third-order valence-electron chi connectivity index (χ3n) is 13.8. The van der Waals surface area contributed by atoms with Crippen LogP contribution in [0.15, 0.2) is 247 Å². The summed E-state index contributed by atoms with van der Waals surface area (Å²) in [5.74, 6) is 1.78. The Kier molecular flexibility index (Phi) is 9.14. The Labute approximate surface area is 403 Å². The monoisotopic (exact) mass is 892 g/mol. The van der Waals surface area contributed by atoms with Crippen LogP contribution < -0.4 is 0 Å². The minimum Gasteiger partial charge on any atom is -0.455 e. The van der Waals surface area contributed by atoms with Crippen molar-refractivity contribution < 1.29 is 4.42 Å². The lowest BCUT2D eigenvalue weighted by atomic mass is 9.93. The van der Waals surface area contributed by atoms with Crippen LogP contribution in [0.3, 0.4) is 0 Å². The summed E-state index contributed by atoms with van der Waals surface area (Å²) in [7, 11) is 0. The highest BCUT2D eigenvalue weighted by Crippen LogP contribution is 2.46. The molecule has 0 saturated carbocycles.